The third-order valence-corrected chi connectivity index (χ3v) is 3.79. The molecule has 0 fully saturated rings. The number of carbonyl (C=O) groups is 1. The molecule has 0 aliphatic rings. The van der Waals surface area contributed by atoms with Crippen molar-refractivity contribution in [2.24, 2.45) is 0 Å². The molecule has 0 saturated heterocycles. The van der Waals surface area contributed by atoms with Crippen molar-refractivity contribution >= 4 is 40.4 Å². The molecule has 0 N–H and O–H groups in total. The normalized spacial score (nSPS) is 12.6. The largest absolute Gasteiger partial charge is 0.339 e. The van der Waals surface area contributed by atoms with E-state index >= 15 is 0 Å². The van der Waals surface area contributed by atoms with Crippen molar-refractivity contribution in [3.05, 3.63) is 20.8 Å². The van der Waals surface area contributed by atoms with Crippen molar-refractivity contribution in [1.82, 2.24) is 4.90 Å². The van der Waals surface area contributed by atoms with Gasteiger partial charge in [-0.1, -0.05) is 11.6 Å². The monoisotopic (exact) mass is 265 g/mol. The van der Waals surface area contributed by atoms with Crippen LogP contribution >= 0.6 is 34.5 Å². The zero-order chi connectivity index (χ0) is 11.6. The second kappa shape index (κ2) is 5.19. The highest BCUT2D eigenvalue weighted by atomic mass is 35.5. The summed E-state index contributed by atoms with van der Waals surface area (Å²) in [4.78, 5) is 14.1. The van der Waals surface area contributed by atoms with Crippen LogP contribution in [0.2, 0.25) is 5.02 Å². The number of nitrogens with zero attached hydrogens (tertiary/aromatic N) is 1. The first-order valence-electron chi connectivity index (χ1n) is 4.56. The number of carbonyl (C=O) groups excluding carboxylic acids is 1. The van der Waals surface area contributed by atoms with E-state index in [0.29, 0.717) is 16.4 Å². The standard InChI is InChI=1S/C10H13Cl2NOS/c1-6-5-15-9(8(6)12)10(14)13(3)4-7(2)11/h5,7H,4H2,1-3H3. The molecule has 0 spiro atoms. The zero-order valence-electron chi connectivity index (χ0n) is 8.88. The molecule has 1 aromatic heterocycles. The van der Waals surface area contributed by atoms with Gasteiger partial charge in [-0.25, -0.2) is 0 Å². The molecule has 1 atom stereocenters. The maximum Gasteiger partial charge on any atom is 0.265 e. The molecule has 1 rings (SSSR count). The second-order valence-electron chi connectivity index (χ2n) is 3.53. The summed E-state index contributed by atoms with van der Waals surface area (Å²) in [5, 5.41) is 2.38. The number of hydrogen-bond donors (Lipinski definition) is 0. The van der Waals surface area contributed by atoms with Crippen LogP contribution in [0.15, 0.2) is 5.38 Å². The maximum atomic E-state index is 11.9. The fraction of sp³-hybridized carbons (Fsp3) is 0.500. The number of amides is 1. The Morgan fingerprint density at radius 1 is 1.67 bits per heavy atom. The average Bonchev–Trinajstić information content (AvgIpc) is 2.45. The van der Waals surface area contributed by atoms with Crippen LogP contribution in [-0.2, 0) is 0 Å². The van der Waals surface area contributed by atoms with Gasteiger partial charge in [-0.15, -0.1) is 22.9 Å². The van der Waals surface area contributed by atoms with Crippen LogP contribution in [0.3, 0.4) is 0 Å². The summed E-state index contributed by atoms with van der Waals surface area (Å²) < 4.78 is 0. The molecule has 1 unspecified atom stereocenters. The zero-order valence-corrected chi connectivity index (χ0v) is 11.2. The fourth-order valence-corrected chi connectivity index (χ4v) is 2.68. The van der Waals surface area contributed by atoms with Gasteiger partial charge in [0.2, 0.25) is 0 Å². The van der Waals surface area contributed by atoms with Crippen molar-refractivity contribution < 1.29 is 4.79 Å². The van der Waals surface area contributed by atoms with E-state index < -0.39 is 0 Å². The average molecular weight is 266 g/mol. The molecule has 15 heavy (non-hydrogen) atoms. The highest BCUT2D eigenvalue weighted by Gasteiger charge is 2.19. The SMILES string of the molecule is Cc1csc(C(=O)N(C)CC(C)Cl)c1Cl. The summed E-state index contributed by atoms with van der Waals surface area (Å²) >= 11 is 13.2. The van der Waals surface area contributed by atoms with Crippen LogP contribution < -0.4 is 0 Å². The first kappa shape index (κ1) is 12.8. The van der Waals surface area contributed by atoms with E-state index in [1.54, 1.807) is 11.9 Å². The van der Waals surface area contributed by atoms with Crippen LogP contribution in [0.1, 0.15) is 22.2 Å². The Balaban J connectivity index is 2.81. The maximum absolute atomic E-state index is 11.9. The minimum atomic E-state index is -0.0643. The molecule has 0 bridgehead atoms. The summed E-state index contributed by atoms with van der Waals surface area (Å²) in [6, 6.07) is 0. The number of halogens is 2. The highest BCUT2D eigenvalue weighted by Crippen LogP contribution is 2.28. The molecule has 0 saturated carbocycles. The topological polar surface area (TPSA) is 20.3 Å². The lowest BCUT2D eigenvalue weighted by Crippen LogP contribution is -2.30. The van der Waals surface area contributed by atoms with Gasteiger partial charge in [0.05, 0.1) is 5.02 Å². The lowest BCUT2D eigenvalue weighted by atomic mass is 10.3. The minimum absolute atomic E-state index is 0.0567. The summed E-state index contributed by atoms with van der Waals surface area (Å²) in [7, 11) is 1.73. The van der Waals surface area contributed by atoms with Crippen LogP contribution in [0.4, 0.5) is 0 Å². The Kier molecular flexibility index (Phi) is 4.44. The van der Waals surface area contributed by atoms with Gasteiger partial charge in [0.15, 0.2) is 0 Å². The van der Waals surface area contributed by atoms with Gasteiger partial charge in [-0.05, 0) is 24.8 Å². The second-order valence-corrected chi connectivity index (χ2v) is 5.53. The number of aryl methyl sites for hydroxylation is 1. The van der Waals surface area contributed by atoms with Gasteiger partial charge in [-0.3, -0.25) is 4.79 Å². The third kappa shape index (κ3) is 3.10. The first-order chi connectivity index (χ1) is 6.93. The van der Waals surface area contributed by atoms with Crippen LogP contribution in [0, 0.1) is 6.92 Å². The summed E-state index contributed by atoms with van der Waals surface area (Å²) in [6.45, 7) is 4.26. The molecule has 84 valence electrons. The highest BCUT2D eigenvalue weighted by molar-refractivity contribution is 7.13. The van der Waals surface area contributed by atoms with E-state index in [9.17, 15) is 4.79 Å². The van der Waals surface area contributed by atoms with Crippen molar-refractivity contribution in [2.75, 3.05) is 13.6 Å². The van der Waals surface area contributed by atoms with Gasteiger partial charge in [0.1, 0.15) is 4.88 Å². The number of alkyl halides is 1. The van der Waals surface area contributed by atoms with E-state index in [1.165, 1.54) is 11.3 Å². The van der Waals surface area contributed by atoms with Gasteiger partial charge < -0.3 is 4.90 Å². The smallest absolute Gasteiger partial charge is 0.265 e. The third-order valence-electron chi connectivity index (χ3n) is 1.97. The number of rotatable bonds is 3. The van der Waals surface area contributed by atoms with Crippen molar-refractivity contribution in [2.45, 2.75) is 19.2 Å². The van der Waals surface area contributed by atoms with E-state index in [2.05, 4.69) is 0 Å². The van der Waals surface area contributed by atoms with E-state index in [-0.39, 0.29) is 11.3 Å². The molecule has 0 radical (unpaired) electrons. The summed E-state index contributed by atoms with van der Waals surface area (Å²) in [6.07, 6.45) is 0. The lowest BCUT2D eigenvalue weighted by molar-refractivity contribution is 0.0801. The van der Waals surface area contributed by atoms with Gasteiger partial charge in [0.25, 0.3) is 5.91 Å². The Hall–Kier alpha value is -0.250. The van der Waals surface area contributed by atoms with Gasteiger partial charge in [0, 0.05) is 19.0 Å². The van der Waals surface area contributed by atoms with Crippen LogP contribution in [0.25, 0.3) is 0 Å². The Bertz CT molecular complexity index is 362. The summed E-state index contributed by atoms with van der Waals surface area (Å²) in [5.74, 6) is -0.0643. The van der Waals surface area contributed by atoms with Crippen molar-refractivity contribution in [1.29, 1.82) is 0 Å². The molecule has 0 aliphatic carbocycles. The molecular weight excluding hydrogens is 253 g/mol. The Labute approximate surface area is 104 Å². The molecule has 1 heterocycles. The molecule has 1 amide bonds. The molecule has 0 aromatic carbocycles. The van der Waals surface area contributed by atoms with E-state index in [4.69, 9.17) is 23.2 Å². The van der Waals surface area contributed by atoms with Gasteiger partial charge in [-0.2, -0.15) is 0 Å². The molecule has 5 heteroatoms. The predicted molar refractivity (Wildman–Crippen MR) is 66.3 cm³/mol. The molecule has 0 aliphatic heterocycles. The number of hydrogen-bond acceptors (Lipinski definition) is 2. The molecule has 1 aromatic rings. The molecule has 2 nitrogen and oxygen atoms in total. The first-order valence-corrected chi connectivity index (χ1v) is 6.26. The van der Waals surface area contributed by atoms with Crippen LogP contribution in [-0.4, -0.2) is 29.8 Å². The van der Waals surface area contributed by atoms with Gasteiger partial charge >= 0.3 is 0 Å². The summed E-state index contributed by atoms with van der Waals surface area (Å²) in [5.41, 5.74) is 0.942. The van der Waals surface area contributed by atoms with E-state index in [1.807, 2.05) is 19.2 Å². The number of thiophene rings is 1. The van der Waals surface area contributed by atoms with Crippen molar-refractivity contribution in [3.8, 4) is 0 Å². The predicted octanol–water partition coefficient (Wildman–Crippen LogP) is 3.41. The lowest BCUT2D eigenvalue weighted by Gasteiger charge is -2.17. The van der Waals surface area contributed by atoms with E-state index in [0.717, 1.165) is 5.56 Å². The van der Waals surface area contributed by atoms with Crippen LogP contribution in [0.5, 0.6) is 0 Å². The Morgan fingerprint density at radius 2 is 2.27 bits per heavy atom. The Morgan fingerprint density at radius 3 is 2.67 bits per heavy atom. The van der Waals surface area contributed by atoms with Crippen molar-refractivity contribution in [3.63, 3.8) is 0 Å². The minimum Gasteiger partial charge on any atom is -0.339 e. The fourth-order valence-electron chi connectivity index (χ4n) is 1.21. The quantitative estimate of drug-likeness (QED) is 0.768. The molecular formula is C10H13Cl2NOS.